The number of hydrogen-bond acceptors (Lipinski definition) is 6. The van der Waals surface area contributed by atoms with E-state index in [9.17, 15) is 16.8 Å². The van der Waals surface area contributed by atoms with Gasteiger partial charge in [-0.3, -0.25) is 0 Å². The van der Waals surface area contributed by atoms with Crippen molar-refractivity contribution in [3.63, 3.8) is 0 Å². The van der Waals surface area contributed by atoms with Crippen LogP contribution in [0.3, 0.4) is 0 Å². The number of hydrogen-bond donors (Lipinski definition) is 0. The number of benzene rings is 1. The fourth-order valence-electron chi connectivity index (χ4n) is 3.36. The van der Waals surface area contributed by atoms with E-state index >= 15 is 0 Å². The molecule has 0 radical (unpaired) electrons. The van der Waals surface area contributed by atoms with Gasteiger partial charge >= 0.3 is 0 Å². The van der Waals surface area contributed by atoms with E-state index in [1.165, 1.54) is 27.9 Å². The van der Waals surface area contributed by atoms with Crippen LogP contribution in [0, 0.1) is 0 Å². The van der Waals surface area contributed by atoms with Gasteiger partial charge < -0.3 is 9.47 Å². The molecular formula is C17H26N2O6S2. The Labute approximate surface area is 161 Å². The monoisotopic (exact) mass is 418 g/mol. The molecule has 3 rings (SSSR count). The molecule has 0 aliphatic carbocycles. The molecule has 1 atom stereocenters. The van der Waals surface area contributed by atoms with Gasteiger partial charge in [-0.15, -0.1) is 0 Å². The Hall–Kier alpha value is -1.20. The average Bonchev–Trinajstić information content (AvgIpc) is 2.68. The molecule has 0 bridgehead atoms. The van der Waals surface area contributed by atoms with Crippen molar-refractivity contribution in [3.8, 4) is 5.75 Å². The van der Waals surface area contributed by atoms with Gasteiger partial charge in [-0.05, 0) is 43.5 Å². The molecule has 8 nitrogen and oxygen atoms in total. The lowest BCUT2D eigenvalue weighted by atomic mass is 10.1. The second kappa shape index (κ2) is 8.44. The predicted molar refractivity (Wildman–Crippen MR) is 101 cm³/mol. The third-order valence-corrected chi connectivity index (χ3v) is 8.82. The van der Waals surface area contributed by atoms with Crippen LogP contribution in [0.25, 0.3) is 0 Å². The maximum atomic E-state index is 12.8. The summed E-state index contributed by atoms with van der Waals surface area (Å²) in [5.41, 5.74) is 0. The van der Waals surface area contributed by atoms with Gasteiger partial charge in [-0.2, -0.15) is 8.61 Å². The van der Waals surface area contributed by atoms with Crippen LogP contribution in [0.5, 0.6) is 5.75 Å². The molecule has 2 aliphatic rings. The van der Waals surface area contributed by atoms with Gasteiger partial charge in [0.15, 0.2) is 0 Å². The summed E-state index contributed by atoms with van der Waals surface area (Å²) in [4.78, 5) is 0.176. The van der Waals surface area contributed by atoms with Gasteiger partial charge in [-0.1, -0.05) is 0 Å². The maximum absolute atomic E-state index is 12.8. The SMILES string of the molecule is COc1ccc(S(=O)(=O)N2CCN(S(=O)(=O)CC3CCCCO3)CC2)cc1. The summed E-state index contributed by atoms with van der Waals surface area (Å²) < 4.78 is 64.0. The minimum Gasteiger partial charge on any atom is -0.497 e. The molecule has 1 aromatic carbocycles. The number of piperazine rings is 1. The molecule has 0 N–H and O–H groups in total. The van der Waals surface area contributed by atoms with Gasteiger partial charge in [0.05, 0.1) is 23.9 Å². The Kier molecular flexibility index (Phi) is 6.42. The highest BCUT2D eigenvalue weighted by Gasteiger charge is 2.34. The molecule has 0 spiro atoms. The molecule has 2 heterocycles. The van der Waals surface area contributed by atoms with Crippen molar-refractivity contribution in [1.29, 1.82) is 0 Å². The summed E-state index contributed by atoms with van der Waals surface area (Å²) >= 11 is 0. The van der Waals surface area contributed by atoms with Crippen LogP contribution >= 0.6 is 0 Å². The van der Waals surface area contributed by atoms with E-state index in [2.05, 4.69) is 0 Å². The third kappa shape index (κ3) is 4.80. The number of nitrogens with zero attached hydrogens (tertiary/aromatic N) is 2. The zero-order valence-corrected chi connectivity index (χ0v) is 17.0. The molecule has 1 unspecified atom stereocenters. The smallest absolute Gasteiger partial charge is 0.243 e. The van der Waals surface area contributed by atoms with Crippen LogP contribution in [-0.2, 0) is 24.8 Å². The van der Waals surface area contributed by atoms with Crippen molar-refractivity contribution >= 4 is 20.0 Å². The lowest BCUT2D eigenvalue weighted by molar-refractivity contribution is 0.0297. The van der Waals surface area contributed by atoms with Gasteiger partial charge in [0.1, 0.15) is 5.75 Å². The number of rotatable bonds is 6. The third-order valence-electron chi connectivity index (χ3n) is 4.96. The van der Waals surface area contributed by atoms with Gasteiger partial charge in [0.25, 0.3) is 0 Å². The molecular weight excluding hydrogens is 392 g/mol. The largest absolute Gasteiger partial charge is 0.497 e. The van der Waals surface area contributed by atoms with Gasteiger partial charge in [0.2, 0.25) is 20.0 Å². The second-order valence-corrected chi connectivity index (χ2v) is 10.7. The van der Waals surface area contributed by atoms with Crippen molar-refractivity contribution in [3.05, 3.63) is 24.3 Å². The first-order chi connectivity index (χ1) is 12.8. The minimum absolute atomic E-state index is 0.0295. The van der Waals surface area contributed by atoms with E-state index in [0.29, 0.717) is 12.4 Å². The molecule has 2 fully saturated rings. The fourth-order valence-corrected chi connectivity index (χ4v) is 6.45. The zero-order valence-electron chi connectivity index (χ0n) is 15.4. The summed E-state index contributed by atoms with van der Waals surface area (Å²) in [5.74, 6) is 0.549. The minimum atomic E-state index is -3.65. The van der Waals surface area contributed by atoms with Crippen molar-refractivity contribution in [2.24, 2.45) is 0 Å². The van der Waals surface area contributed by atoms with E-state index in [0.717, 1.165) is 19.3 Å². The maximum Gasteiger partial charge on any atom is 0.243 e. The predicted octanol–water partition coefficient (Wildman–Crippen LogP) is 0.900. The van der Waals surface area contributed by atoms with E-state index in [1.54, 1.807) is 12.1 Å². The van der Waals surface area contributed by atoms with E-state index < -0.39 is 20.0 Å². The first-order valence-electron chi connectivity index (χ1n) is 9.06. The summed E-state index contributed by atoms with van der Waals surface area (Å²) in [6.45, 7) is 1.20. The lowest BCUT2D eigenvalue weighted by Crippen LogP contribution is -2.51. The first-order valence-corrected chi connectivity index (χ1v) is 12.1. The Morgan fingerprint density at radius 1 is 1.00 bits per heavy atom. The Balaban J connectivity index is 1.61. The van der Waals surface area contributed by atoms with Crippen LogP contribution in [0.4, 0.5) is 0 Å². The lowest BCUT2D eigenvalue weighted by Gasteiger charge is -2.34. The number of sulfonamides is 2. The normalized spacial score (nSPS) is 23.2. The van der Waals surface area contributed by atoms with Crippen molar-refractivity contribution in [2.45, 2.75) is 30.3 Å². The highest BCUT2D eigenvalue weighted by Crippen LogP contribution is 2.22. The highest BCUT2D eigenvalue weighted by molar-refractivity contribution is 7.89. The molecule has 1 aromatic rings. The van der Waals surface area contributed by atoms with E-state index in [4.69, 9.17) is 9.47 Å². The standard InChI is InChI=1S/C17H26N2O6S2/c1-24-15-5-7-17(8-6-15)27(22,23)19-11-9-18(10-12-19)26(20,21)14-16-4-2-3-13-25-16/h5-8,16H,2-4,9-14H2,1H3. The van der Waals surface area contributed by atoms with Crippen LogP contribution < -0.4 is 4.74 Å². The highest BCUT2D eigenvalue weighted by atomic mass is 32.2. The molecule has 27 heavy (non-hydrogen) atoms. The summed E-state index contributed by atoms with van der Waals surface area (Å²) in [6.07, 6.45) is 2.45. The Morgan fingerprint density at radius 3 is 2.19 bits per heavy atom. The molecule has 10 heteroatoms. The molecule has 0 amide bonds. The topological polar surface area (TPSA) is 93.2 Å². The second-order valence-electron chi connectivity index (χ2n) is 6.75. The molecule has 2 saturated heterocycles. The van der Waals surface area contributed by atoms with Gasteiger partial charge in [-0.25, -0.2) is 16.8 Å². The van der Waals surface area contributed by atoms with Crippen molar-refractivity contribution in [2.75, 3.05) is 45.6 Å². The summed E-state index contributed by atoms with van der Waals surface area (Å²) in [5, 5.41) is 0. The Morgan fingerprint density at radius 2 is 1.63 bits per heavy atom. The molecule has 0 aromatic heterocycles. The van der Waals surface area contributed by atoms with Crippen LogP contribution in [0.2, 0.25) is 0 Å². The summed E-state index contributed by atoms with van der Waals surface area (Å²) in [7, 11) is -5.59. The first kappa shape index (κ1) is 20.5. The average molecular weight is 419 g/mol. The quantitative estimate of drug-likeness (QED) is 0.681. The molecule has 2 aliphatic heterocycles. The van der Waals surface area contributed by atoms with Gasteiger partial charge in [0, 0.05) is 32.8 Å². The number of methoxy groups -OCH3 is 1. The Bertz CT molecular complexity index is 825. The van der Waals surface area contributed by atoms with Crippen LogP contribution in [0.1, 0.15) is 19.3 Å². The van der Waals surface area contributed by atoms with Crippen molar-refractivity contribution < 1.29 is 26.3 Å². The van der Waals surface area contributed by atoms with E-state index in [1.807, 2.05) is 0 Å². The van der Waals surface area contributed by atoms with Crippen molar-refractivity contribution in [1.82, 2.24) is 8.61 Å². The zero-order chi connectivity index (χ0) is 19.5. The van der Waals surface area contributed by atoms with E-state index in [-0.39, 0.29) is 42.9 Å². The van der Waals surface area contributed by atoms with Crippen LogP contribution in [0.15, 0.2) is 29.2 Å². The number of ether oxygens (including phenoxy) is 2. The molecule has 152 valence electrons. The van der Waals surface area contributed by atoms with Crippen LogP contribution in [-0.4, -0.2) is 77.2 Å². The fraction of sp³-hybridized carbons (Fsp3) is 0.647. The molecule has 0 saturated carbocycles. The summed E-state index contributed by atoms with van der Waals surface area (Å²) in [6, 6.07) is 6.19.